The minimum Gasteiger partial charge on any atom is -0.492 e. The third-order valence-corrected chi connectivity index (χ3v) is 2.49. The second-order valence-corrected chi connectivity index (χ2v) is 4.57. The summed E-state index contributed by atoms with van der Waals surface area (Å²) in [6, 6.07) is 6.61. The highest BCUT2D eigenvalue weighted by molar-refractivity contribution is 5.51. The predicted octanol–water partition coefficient (Wildman–Crippen LogP) is 2.56. The summed E-state index contributed by atoms with van der Waals surface area (Å²) in [5.74, 6) is 0.653. The number of hydrogen-bond acceptors (Lipinski definition) is 3. The van der Waals surface area contributed by atoms with Crippen LogP contribution in [0.25, 0.3) is 6.08 Å². The second kappa shape index (κ2) is 7.31. The monoisotopic (exact) mass is 289 g/mol. The van der Waals surface area contributed by atoms with Crippen LogP contribution in [-0.4, -0.2) is 49.5 Å². The van der Waals surface area contributed by atoms with Gasteiger partial charge in [-0.3, -0.25) is 0 Å². The van der Waals surface area contributed by atoms with E-state index in [0.717, 1.165) is 6.54 Å². The van der Waals surface area contributed by atoms with Crippen LogP contribution in [0.1, 0.15) is 5.56 Å². The van der Waals surface area contributed by atoms with Gasteiger partial charge in [0.1, 0.15) is 12.4 Å². The summed E-state index contributed by atoms with van der Waals surface area (Å²) in [5.41, 5.74) is 0.563. The van der Waals surface area contributed by atoms with Crippen molar-refractivity contribution >= 4 is 6.08 Å². The van der Waals surface area contributed by atoms with Crippen molar-refractivity contribution in [1.82, 2.24) is 4.90 Å². The van der Waals surface area contributed by atoms with Crippen molar-refractivity contribution in [2.24, 2.45) is 0 Å². The lowest BCUT2D eigenvalue weighted by Crippen LogP contribution is -2.25. The summed E-state index contributed by atoms with van der Waals surface area (Å²) in [4.78, 5) is 1.98. The van der Waals surface area contributed by atoms with Gasteiger partial charge in [-0.1, -0.05) is 18.2 Å². The molecule has 1 aromatic rings. The highest BCUT2D eigenvalue weighted by Crippen LogP contribution is 2.21. The van der Waals surface area contributed by atoms with Crippen molar-refractivity contribution in [2.75, 3.05) is 27.2 Å². The standard InChI is InChI=1S/C14H18F3NO2/c1-18(2)9-10-20-12-6-3-11(4-7-12)5-8-13(19)14(15,16)17/h3-8,13,19H,9-10H2,1-2H3/b8-5+. The molecule has 6 heteroatoms. The minimum atomic E-state index is -4.63. The Kier molecular flexibility index (Phi) is 6.04. The van der Waals surface area contributed by atoms with E-state index in [1.807, 2.05) is 19.0 Å². The fraction of sp³-hybridized carbons (Fsp3) is 0.429. The van der Waals surface area contributed by atoms with Crippen LogP contribution in [-0.2, 0) is 0 Å². The molecule has 0 saturated heterocycles. The van der Waals surface area contributed by atoms with Gasteiger partial charge in [-0.2, -0.15) is 13.2 Å². The lowest BCUT2D eigenvalue weighted by molar-refractivity contribution is -0.187. The van der Waals surface area contributed by atoms with E-state index in [9.17, 15) is 13.2 Å². The number of halogens is 3. The van der Waals surface area contributed by atoms with Crippen LogP contribution in [0.4, 0.5) is 13.2 Å². The molecule has 0 heterocycles. The van der Waals surface area contributed by atoms with Crippen molar-refractivity contribution in [3.63, 3.8) is 0 Å². The number of hydrogen-bond donors (Lipinski definition) is 1. The first-order valence-electron chi connectivity index (χ1n) is 6.09. The summed E-state index contributed by atoms with van der Waals surface area (Å²) in [6.45, 7) is 1.31. The van der Waals surface area contributed by atoms with Crippen molar-refractivity contribution in [3.8, 4) is 5.75 Å². The Morgan fingerprint density at radius 1 is 1.25 bits per heavy atom. The Hall–Kier alpha value is -1.53. The highest BCUT2D eigenvalue weighted by atomic mass is 19.4. The van der Waals surface area contributed by atoms with Crippen LogP contribution < -0.4 is 4.74 Å². The first-order chi connectivity index (χ1) is 9.29. The lowest BCUT2D eigenvalue weighted by atomic mass is 10.2. The Bertz CT molecular complexity index is 427. The Labute approximate surface area is 116 Å². The SMILES string of the molecule is CN(C)CCOc1ccc(/C=C/C(O)C(F)(F)F)cc1. The van der Waals surface area contributed by atoms with Crippen LogP contribution in [0.3, 0.4) is 0 Å². The number of rotatable bonds is 6. The molecule has 112 valence electrons. The molecule has 0 bridgehead atoms. The van der Waals surface area contributed by atoms with E-state index in [-0.39, 0.29) is 0 Å². The topological polar surface area (TPSA) is 32.7 Å². The second-order valence-electron chi connectivity index (χ2n) is 4.57. The summed E-state index contributed by atoms with van der Waals surface area (Å²) in [7, 11) is 3.87. The average Bonchev–Trinajstić information content (AvgIpc) is 2.36. The lowest BCUT2D eigenvalue weighted by Gasteiger charge is -2.11. The molecule has 1 unspecified atom stereocenters. The average molecular weight is 289 g/mol. The first kappa shape index (κ1) is 16.5. The van der Waals surface area contributed by atoms with Crippen molar-refractivity contribution in [3.05, 3.63) is 35.9 Å². The molecular weight excluding hydrogens is 271 g/mol. The maximum Gasteiger partial charge on any atom is 0.417 e. The normalized spacial score (nSPS) is 13.9. The van der Waals surface area contributed by atoms with Crippen molar-refractivity contribution in [2.45, 2.75) is 12.3 Å². The van der Waals surface area contributed by atoms with Crippen LogP contribution in [0.2, 0.25) is 0 Å². The van der Waals surface area contributed by atoms with Gasteiger partial charge in [-0.15, -0.1) is 0 Å². The molecule has 0 aliphatic rings. The van der Waals surface area contributed by atoms with Gasteiger partial charge in [0.05, 0.1) is 0 Å². The zero-order valence-corrected chi connectivity index (χ0v) is 11.4. The first-order valence-corrected chi connectivity index (χ1v) is 6.09. The van der Waals surface area contributed by atoms with Gasteiger partial charge >= 0.3 is 6.18 Å². The number of ether oxygens (including phenoxy) is 1. The molecule has 3 nitrogen and oxygen atoms in total. The molecule has 0 saturated carbocycles. The number of aliphatic hydroxyl groups excluding tert-OH is 1. The summed E-state index contributed by atoms with van der Waals surface area (Å²) >= 11 is 0. The van der Waals surface area contributed by atoms with Gasteiger partial charge in [0, 0.05) is 6.54 Å². The number of aliphatic hydroxyl groups is 1. The molecule has 0 fully saturated rings. The fourth-order valence-electron chi connectivity index (χ4n) is 1.33. The molecule has 1 N–H and O–H groups in total. The van der Waals surface area contributed by atoms with Crippen LogP contribution in [0.15, 0.2) is 30.3 Å². The largest absolute Gasteiger partial charge is 0.492 e. The molecule has 0 amide bonds. The van der Waals surface area contributed by atoms with E-state index in [0.29, 0.717) is 24.0 Å². The quantitative estimate of drug-likeness (QED) is 0.873. The van der Waals surface area contributed by atoms with Gasteiger partial charge in [-0.25, -0.2) is 0 Å². The predicted molar refractivity (Wildman–Crippen MR) is 71.6 cm³/mol. The molecule has 1 rings (SSSR count). The Morgan fingerprint density at radius 2 is 1.85 bits per heavy atom. The van der Waals surface area contributed by atoms with E-state index in [1.165, 1.54) is 6.08 Å². The maximum atomic E-state index is 12.1. The molecule has 1 atom stereocenters. The number of benzene rings is 1. The van der Waals surface area contributed by atoms with Gasteiger partial charge < -0.3 is 14.7 Å². The maximum absolute atomic E-state index is 12.1. The third-order valence-electron chi connectivity index (χ3n) is 2.49. The van der Waals surface area contributed by atoms with E-state index in [2.05, 4.69) is 0 Å². The molecule has 20 heavy (non-hydrogen) atoms. The number of likely N-dealkylation sites (N-methyl/N-ethyl adjacent to an activating group) is 1. The molecule has 0 aliphatic carbocycles. The summed E-state index contributed by atoms with van der Waals surface area (Å²) in [5, 5.41) is 8.83. The number of alkyl halides is 3. The van der Waals surface area contributed by atoms with Crippen LogP contribution in [0.5, 0.6) is 5.75 Å². The van der Waals surface area contributed by atoms with Crippen molar-refractivity contribution < 1.29 is 23.0 Å². The molecule has 1 aromatic carbocycles. The Morgan fingerprint density at radius 3 is 2.35 bits per heavy atom. The fourth-order valence-corrected chi connectivity index (χ4v) is 1.33. The van der Waals surface area contributed by atoms with Crippen LogP contribution >= 0.6 is 0 Å². The minimum absolute atomic E-state index is 0.537. The molecule has 0 aliphatic heterocycles. The van der Waals surface area contributed by atoms with E-state index >= 15 is 0 Å². The van der Waals surface area contributed by atoms with E-state index in [4.69, 9.17) is 9.84 Å². The van der Waals surface area contributed by atoms with Gasteiger partial charge in [0.15, 0.2) is 6.10 Å². The van der Waals surface area contributed by atoms with Gasteiger partial charge in [0.25, 0.3) is 0 Å². The van der Waals surface area contributed by atoms with E-state index < -0.39 is 12.3 Å². The molecular formula is C14H18F3NO2. The van der Waals surface area contributed by atoms with Crippen molar-refractivity contribution in [1.29, 1.82) is 0 Å². The molecule has 0 radical (unpaired) electrons. The number of nitrogens with zero attached hydrogens (tertiary/aromatic N) is 1. The van der Waals surface area contributed by atoms with Gasteiger partial charge in [-0.05, 0) is 37.9 Å². The smallest absolute Gasteiger partial charge is 0.417 e. The molecule has 0 aromatic heterocycles. The third kappa shape index (κ3) is 6.08. The zero-order chi connectivity index (χ0) is 15.2. The van der Waals surface area contributed by atoms with E-state index in [1.54, 1.807) is 24.3 Å². The van der Waals surface area contributed by atoms with Gasteiger partial charge in [0.2, 0.25) is 0 Å². The Balaban J connectivity index is 2.52. The van der Waals surface area contributed by atoms with Crippen LogP contribution in [0, 0.1) is 0 Å². The zero-order valence-electron chi connectivity index (χ0n) is 11.4. The molecule has 0 spiro atoms. The summed E-state index contributed by atoms with van der Waals surface area (Å²) in [6.07, 6.45) is -5.14. The highest BCUT2D eigenvalue weighted by Gasteiger charge is 2.36. The summed E-state index contributed by atoms with van der Waals surface area (Å²) < 4.78 is 41.7.